The third kappa shape index (κ3) is 2.92. The summed E-state index contributed by atoms with van der Waals surface area (Å²) in [6.07, 6.45) is 3.69. The zero-order valence-electron chi connectivity index (χ0n) is 12.2. The number of methoxy groups -OCH3 is 1. The second-order valence-corrected chi connectivity index (χ2v) is 4.94. The Morgan fingerprint density at radius 3 is 3.00 bits per heavy atom. The second kappa shape index (κ2) is 6.01. The van der Waals surface area contributed by atoms with Gasteiger partial charge in [0, 0.05) is 25.5 Å². The molecule has 0 amide bonds. The minimum atomic E-state index is 0.249. The molecule has 0 saturated carbocycles. The van der Waals surface area contributed by atoms with Crippen LogP contribution in [0.3, 0.4) is 0 Å². The zero-order chi connectivity index (χ0) is 14.7. The highest BCUT2D eigenvalue weighted by atomic mass is 16.7. The first-order chi connectivity index (χ1) is 10.3. The fraction of sp³-hybridized carbons (Fsp3) is 0.312. The van der Waals surface area contributed by atoms with Gasteiger partial charge >= 0.3 is 0 Å². The molecule has 2 heterocycles. The normalized spacial score (nSPS) is 12.5. The monoisotopic (exact) mass is 286 g/mol. The van der Waals surface area contributed by atoms with Crippen molar-refractivity contribution < 1.29 is 14.2 Å². The van der Waals surface area contributed by atoms with Gasteiger partial charge in [-0.3, -0.25) is 4.98 Å². The maximum atomic E-state index is 5.43. The molecule has 110 valence electrons. The molecule has 0 unspecified atom stereocenters. The summed E-state index contributed by atoms with van der Waals surface area (Å²) in [5, 5.41) is 3.42. The van der Waals surface area contributed by atoms with Crippen LogP contribution >= 0.6 is 0 Å². The Morgan fingerprint density at radius 1 is 1.29 bits per heavy atom. The van der Waals surface area contributed by atoms with Crippen molar-refractivity contribution in [2.24, 2.45) is 0 Å². The average molecular weight is 286 g/mol. The van der Waals surface area contributed by atoms with E-state index in [0.717, 1.165) is 24.4 Å². The SMILES string of the molecule is COc1cc(CNCc2ccncc2C)cc2c1OCO2. The lowest BCUT2D eigenvalue weighted by Gasteiger charge is -2.10. The maximum absolute atomic E-state index is 5.43. The fourth-order valence-corrected chi connectivity index (χ4v) is 2.33. The number of rotatable bonds is 5. The molecule has 0 saturated heterocycles. The van der Waals surface area contributed by atoms with Crippen LogP contribution in [0.2, 0.25) is 0 Å². The molecule has 0 fully saturated rings. The van der Waals surface area contributed by atoms with E-state index in [1.54, 1.807) is 7.11 Å². The van der Waals surface area contributed by atoms with Gasteiger partial charge in [-0.2, -0.15) is 0 Å². The highest BCUT2D eigenvalue weighted by molar-refractivity contribution is 5.55. The molecule has 0 aliphatic carbocycles. The molecule has 1 N–H and O–H groups in total. The molecule has 1 aromatic heterocycles. The van der Waals surface area contributed by atoms with E-state index >= 15 is 0 Å². The summed E-state index contributed by atoms with van der Waals surface area (Å²) in [6.45, 7) is 3.84. The van der Waals surface area contributed by atoms with Gasteiger partial charge in [0.25, 0.3) is 0 Å². The number of nitrogens with one attached hydrogen (secondary N) is 1. The van der Waals surface area contributed by atoms with Crippen molar-refractivity contribution in [3.8, 4) is 17.2 Å². The fourth-order valence-electron chi connectivity index (χ4n) is 2.33. The standard InChI is InChI=1S/C16H18N2O3/c1-11-7-17-4-3-13(11)9-18-8-12-5-14(19-2)16-15(6-12)20-10-21-16/h3-7,18H,8-10H2,1-2H3. The smallest absolute Gasteiger partial charge is 0.231 e. The van der Waals surface area contributed by atoms with E-state index in [4.69, 9.17) is 14.2 Å². The third-order valence-electron chi connectivity index (χ3n) is 3.50. The summed E-state index contributed by atoms with van der Waals surface area (Å²) < 4.78 is 16.2. The summed E-state index contributed by atoms with van der Waals surface area (Å²) >= 11 is 0. The molecule has 5 heteroatoms. The van der Waals surface area contributed by atoms with Crippen molar-refractivity contribution in [1.29, 1.82) is 0 Å². The van der Waals surface area contributed by atoms with E-state index in [2.05, 4.69) is 17.2 Å². The first-order valence-corrected chi connectivity index (χ1v) is 6.84. The first-order valence-electron chi connectivity index (χ1n) is 6.84. The van der Waals surface area contributed by atoms with Crippen LogP contribution in [-0.2, 0) is 13.1 Å². The number of nitrogens with zero attached hydrogens (tertiary/aromatic N) is 1. The predicted molar refractivity (Wildman–Crippen MR) is 78.6 cm³/mol. The molecular weight excluding hydrogens is 268 g/mol. The number of hydrogen-bond donors (Lipinski definition) is 1. The third-order valence-corrected chi connectivity index (χ3v) is 3.50. The van der Waals surface area contributed by atoms with Gasteiger partial charge in [-0.05, 0) is 41.8 Å². The molecule has 0 atom stereocenters. The van der Waals surface area contributed by atoms with E-state index in [1.165, 1.54) is 11.1 Å². The predicted octanol–water partition coefficient (Wildman–Crippen LogP) is 2.42. The Labute approximate surface area is 123 Å². The van der Waals surface area contributed by atoms with Crippen molar-refractivity contribution in [2.45, 2.75) is 20.0 Å². The van der Waals surface area contributed by atoms with Gasteiger partial charge in [0.15, 0.2) is 11.5 Å². The molecule has 0 spiro atoms. The summed E-state index contributed by atoms with van der Waals surface area (Å²) in [5.41, 5.74) is 3.54. The van der Waals surface area contributed by atoms with Gasteiger partial charge in [-0.15, -0.1) is 0 Å². The molecule has 5 nitrogen and oxygen atoms in total. The van der Waals surface area contributed by atoms with Gasteiger partial charge in [0.2, 0.25) is 12.5 Å². The Hall–Kier alpha value is -2.27. The molecule has 0 bridgehead atoms. The lowest BCUT2D eigenvalue weighted by Crippen LogP contribution is -2.13. The molecular formula is C16H18N2O3. The van der Waals surface area contributed by atoms with Crippen LogP contribution in [-0.4, -0.2) is 18.9 Å². The molecule has 2 aromatic rings. The number of fused-ring (bicyclic) bond motifs is 1. The van der Waals surface area contributed by atoms with Gasteiger partial charge in [0.05, 0.1) is 7.11 Å². The number of ether oxygens (including phenoxy) is 3. The average Bonchev–Trinajstić information content (AvgIpc) is 2.97. The van der Waals surface area contributed by atoms with Crippen LogP contribution in [0.5, 0.6) is 17.2 Å². The van der Waals surface area contributed by atoms with Crippen LogP contribution in [0.25, 0.3) is 0 Å². The number of aromatic nitrogens is 1. The maximum Gasteiger partial charge on any atom is 0.231 e. The van der Waals surface area contributed by atoms with Gasteiger partial charge in [-0.1, -0.05) is 0 Å². The second-order valence-electron chi connectivity index (χ2n) is 4.94. The quantitative estimate of drug-likeness (QED) is 0.915. The van der Waals surface area contributed by atoms with E-state index in [9.17, 15) is 0 Å². The van der Waals surface area contributed by atoms with E-state index in [-0.39, 0.29) is 6.79 Å². The molecule has 0 radical (unpaired) electrons. The van der Waals surface area contributed by atoms with Gasteiger partial charge in [-0.25, -0.2) is 0 Å². The van der Waals surface area contributed by atoms with Gasteiger partial charge < -0.3 is 19.5 Å². The Morgan fingerprint density at radius 2 is 2.19 bits per heavy atom. The molecule has 1 aliphatic rings. The summed E-state index contributed by atoms with van der Waals surface area (Å²) in [7, 11) is 1.63. The Kier molecular flexibility index (Phi) is 3.92. The lowest BCUT2D eigenvalue weighted by molar-refractivity contribution is 0.171. The number of pyridine rings is 1. The lowest BCUT2D eigenvalue weighted by atomic mass is 10.1. The highest BCUT2D eigenvalue weighted by Crippen LogP contribution is 2.41. The van der Waals surface area contributed by atoms with Crippen LogP contribution < -0.4 is 19.5 Å². The molecule has 1 aromatic carbocycles. The Bertz CT molecular complexity index is 643. The topological polar surface area (TPSA) is 52.6 Å². The summed E-state index contributed by atoms with van der Waals surface area (Å²) in [6, 6.07) is 5.99. The van der Waals surface area contributed by atoms with E-state index in [1.807, 2.05) is 30.6 Å². The number of benzene rings is 1. The van der Waals surface area contributed by atoms with Crippen LogP contribution in [0.1, 0.15) is 16.7 Å². The first kappa shape index (κ1) is 13.7. The molecule has 21 heavy (non-hydrogen) atoms. The van der Waals surface area contributed by atoms with Crippen molar-refractivity contribution in [1.82, 2.24) is 10.3 Å². The van der Waals surface area contributed by atoms with Crippen LogP contribution in [0.4, 0.5) is 0 Å². The van der Waals surface area contributed by atoms with Crippen molar-refractivity contribution >= 4 is 0 Å². The highest BCUT2D eigenvalue weighted by Gasteiger charge is 2.19. The summed E-state index contributed by atoms with van der Waals surface area (Å²) in [5.74, 6) is 2.14. The summed E-state index contributed by atoms with van der Waals surface area (Å²) in [4.78, 5) is 4.10. The largest absolute Gasteiger partial charge is 0.493 e. The van der Waals surface area contributed by atoms with Crippen molar-refractivity contribution in [3.05, 3.63) is 47.3 Å². The number of aryl methyl sites for hydroxylation is 1. The molecule has 3 rings (SSSR count). The minimum Gasteiger partial charge on any atom is -0.493 e. The van der Waals surface area contributed by atoms with Crippen molar-refractivity contribution in [2.75, 3.05) is 13.9 Å². The van der Waals surface area contributed by atoms with Gasteiger partial charge in [0.1, 0.15) is 0 Å². The zero-order valence-corrected chi connectivity index (χ0v) is 12.2. The van der Waals surface area contributed by atoms with E-state index in [0.29, 0.717) is 11.5 Å². The van der Waals surface area contributed by atoms with Crippen LogP contribution in [0.15, 0.2) is 30.6 Å². The Balaban J connectivity index is 1.67. The van der Waals surface area contributed by atoms with E-state index < -0.39 is 0 Å². The minimum absolute atomic E-state index is 0.249. The number of hydrogen-bond acceptors (Lipinski definition) is 5. The van der Waals surface area contributed by atoms with Crippen LogP contribution in [0, 0.1) is 6.92 Å². The molecule has 1 aliphatic heterocycles. The van der Waals surface area contributed by atoms with Crippen molar-refractivity contribution in [3.63, 3.8) is 0 Å².